The minimum atomic E-state index is -0.271. The Hall–Kier alpha value is -2.44. The van der Waals surface area contributed by atoms with E-state index >= 15 is 0 Å². The van der Waals surface area contributed by atoms with Crippen LogP contribution in [-0.4, -0.2) is 38.8 Å². The molecule has 126 valence electrons. The fourth-order valence-corrected chi connectivity index (χ4v) is 3.08. The summed E-state index contributed by atoms with van der Waals surface area (Å²) in [4.78, 5) is 14.2. The Balaban J connectivity index is 1.35. The summed E-state index contributed by atoms with van der Waals surface area (Å²) in [6.45, 7) is 2.44. The first-order chi connectivity index (χ1) is 11.7. The molecular formula is C17H20FN5O. The summed E-state index contributed by atoms with van der Waals surface area (Å²) in [5.74, 6) is 2.35. The van der Waals surface area contributed by atoms with Crippen molar-refractivity contribution in [3.63, 3.8) is 0 Å². The van der Waals surface area contributed by atoms with Crippen LogP contribution in [0.3, 0.4) is 0 Å². The summed E-state index contributed by atoms with van der Waals surface area (Å²) < 4.78 is 15.1. The van der Waals surface area contributed by atoms with Gasteiger partial charge in [0.25, 0.3) is 0 Å². The van der Waals surface area contributed by atoms with Crippen LogP contribution >= 0.6 is 0 Å². The average molecular weight is 329 g/mol. The van der Waals surface area contributed by atoms with E-state index in [4.69, 9.17) is 0 Å². The van der Waals surface area contributed by atoms with Gasteiger partial charge in [-0.25, -0.2) is 9.18 Å². The maximum absolute atomic E-state index is 12.9. The number of carbonyl (C=O) groups is 1. The quantitative estimate of drug-likeness (QED) is 0.937. The third kappa shape index (κ3) is 3.11. The minimum absolute atomic E-state index is 0.0917. The molecule has 2 amide bonds. The largest absolute Gasteiger partial charge is 0.334 e. The van der Waals surface area contributed by atoms with Gasteiger partial charge in [0.1, 0.15) is 17.5 Å². The van der Waals surface area contributed by atoms with Gasteiger partial charge in [-0.2, -0.15) is 0 Å². The first kappa shape index (κ1) is 15.1. The van der Waals surface area contributed by atoms with Gasteiger partial charge in [-0.1, -0.05) is 12.1 Å². The van der Waals surface area contributed by atoms with Crippen molar-refractivity contribution in [3.8, 4) is 0 Å². The molecule has 4 rings (SSSR count). The van der Waals surface area contributed by atoms with Gasteiger partial charge in [-0.15, -0.1) is 10.2 Å². The SMILES string of the molecule is O=C(NCc1ccc(F)cc1)N1CCc2nnc(C3CC3)n2CC1. The van der Waals surface area contributed by atoms with Gasteiger partial charge in [0, 0.05) is 38.5 Å². The van der Waals surface area contributed by atoms with Crippen molar-refractivity contribution in [2.24, 2.45) is 0 Å². The standard InChI is InChI=1S/C17H20FN5O/c18-14-5-1-12(2-6-14)11-19-17(24)22-8-7-15-20-21-16(13-3-4-13)23(15)10-9-22/h1-2,5-6,13H,3-4,7-11H2,(H,19,24). The summed E-state index contributed by atoms with van der Waals surface area (Å²) in [5.41, 5.74) is 0.882. The summed E-state index contributed by atoms with van der Waals surface area (Å²) in [5, 5.41) is 11.5. The van der Waals surface area contributed by atoms with Gasteiger partial charge in [-0.05, 0) is 30.5 Å². The highest BCUT2D eigenvalue weighted by atomic mass is 19.1. The zero-order valence-corrected chi connectivity index (χ0v) is 13.4. The monoisotopic (exact) mass is 329 g/mol. The van der Waals surface area contributed by atoms with Gasteiger partial charge in [0.15, 0.2) is 0 Å². The summed E-state index contributed by atoms with van der Waals surface area (Å²) in [6, 6.07) is 6.08. The molecule has 2 aromatic rings. The predicted octanol–water partition coefficient (Wildman–Crippen LogP) is 2.06. The zero-order valence-electron chi connectivity index (χ0n) is 13.4. The number of aromatic nitrogens is 3. The van der Waals surface area contributed by atoms with Crippen LogP contribution in [0.2, 0.25) is 0 Å². The molecule has 24 heavy (non-hydrogen) atoms. The number of carbonyl (C=O) groups excluding carboxylic acids is 1. The number of halogens is 1. The molecule has 6 nitrogen and oxygen atoms in total. The molecule has 2 aliphatic rings. The molecule has 2 heterocycles. The van der Waals surface area contributed by atoms with Crippen molar-refractivity contribution in [3.05, 3.63) is 47.3 Å². The maximum Gasteiger partial charge on any atom is 0.317 e. The Kier molecular flexibility index (Phi) is 3.92. The Morgan fingerprint density at radius 1 is 1.17 bits per heavy atom. The van der Waals surface area contributed by atoms with Gasteiger partial charge in [-0.3, -0.25) is 0 Å². The lowest BCUT2D eigenvalue weighted by molar-refractivity contribution is 0.198. The average Bonchev–Trinajstić information content (AvgIpc) is 3.39. The van der Waals surface area contributed by atoms with E-state index in [2.05, 4.69) is 20.1 Å². The predicted molar refractivity (Wildman–Crippen MR) is 85.9 cm³/mol. The van der Waals surface area contributed by atoms with Crippen LogP contribution < -0.4 is 5.32 Å². The molecule has 0 spiro atoms. The normalized spacial score (nSPS) is 17.3. The lowest BCUT2D eigenvalue weighted by Gasteiger charge is -2.20. The number of hydrogen-bond acceptors (Lipinski definition) is 3. The second-order valence-corrected chi connectivity index (χ2v) is 6.42. The van der Waals surface area contributed by atoms with Crippen LogP contribution in [0.5, 0.6) is 0 Å². The molecule has 7 heteroatoms. The topological polar surface area (TPSA) is 63.1 Å². The summed E-state index contributed by atoms with van der Waals surface area (Å²) >= 11 is 0. The Bertz CT molecular complexity index is 738. The maximum atomic E-state index is 12.9. The molecular weight excluding hydrogens is 309 g/mol. The van der Waals surface area contributed by atoms with Gasteiger partial charge >= 0.3 is 6.03 Å². The highest BCUT2D eigenvalue weighted by Gasteiger charge is 2.31. The van der Waals surface area contributed by atoms with Gasteiger partial charge < -0.3 is 14.8 Å². The Labute approximate surface area is 139 Å². The number of hydrogen-bond donors (Lipinski definition) is 1. The number of nitrogens with one attached hydrogen (secondary N) is 1. The van der Waals surface area contributed by atoms with Crippen LogP contribution in [0, 0.1) is 5.82 Å². The number of fused-ring (bicyclic) bond motifs is 1. The van der Waals surface area contributed by atoms with Crippen LogP contribution in [0.25, 0.3) is 0 Å². The summed E-state index contributed by atoms with van der Waals surface area (Å²) in [7, 11) is 0. The fraction of sp³-hybridized carbons (Fsp3) is 0.471. The van der Waals surface area contributed by atoms with E-state index in [-0.39, 0.29) is 11.8 Å². The molecule has 0 bridgehead atoms. The lowest BCUT2D eigenvalue weighted by Crippen LogP contribution is -2.41. The molecule has 1 aliphatic carbocycles. The van der Waals surface area contributed by atoms with Crippen molar-refractivity contribution in [1.29, 1.82) is 0 Å². The Morgan fingerprint density at radius 3 is 2.71 bits per heavy atom. The number of benzene rings is 1. The number of amides is 2. The van der Waals surface area contributed by atoms with E-state index in [0.29, 0.717) is 25.6 Å². The van der Waals surface area contributed by atoms with Crippen LogP contribution in [0.4, 0.5) is 9.18 Å². The number of urea groups is 1. The van der Waals surface area contributed by atoms with Crippen molar-refractivity contribution in [2.45, 2.75) is 38.3 Å². The first-order valence-electron chi connectivity index (χ1n) is 8.40. The molecule has 1 fully saturated rings. The molecule has 1 aromatic heterocycles. The number of nitrogens with zero attached hydrogens (tertiary/aromatic N) is 4. The molecule has 1 saturated carbocycles. The van der Waals surface area contributed by atoms with Crippen LogP contribution in [0.1, 0.15) is 36.0 Å². The van der Waals surface area contributed by atoms with E-state index in [1.54, 1.807) is 12.1 Å². The third-order valence-corrected chi connectivity index (χ3v) is 4.64. The highest BCUT2D eigenvalue weighted by Crippen LogP contribution is 2.39. The van der Waals surface area contributed by atoms with E-state index < -0.39 is 0 Å². The van der Waals surface area contributed by atoms with Crippen LogP contribution in [0.15, 0.2) is 24.3 Å². The van der Waals surface area contributed by atoms with E-state index in [1.807, 2.05) is 4.90 Å². The second-order valence-electron chi connectivity index (χ2n) is 6.42. The van der Waals surface area contributed by atoms with Gasteiger partial charge in [0.05, 0.1) is 0 Å². The van der Waals surface area contributed by atoms with Crippen molar-refractivity contribution >= 4 is 6.03 Å². The van der Waals surface area contributed by atoms with E-state index in [9.17, 15) is 9.18 Å². The minimum Gasteiger partial charge on any atom is -0.334 e. The fourth-order valence-electron chi connectivity index (χ4n) is 3.08. The van der Waals surface area contributed by atoms with Gasteiger partial charge in [0.2, 0.25) is 0 Å². The molecule has 1 N–H and O–H groups in total. The lowest BCUT2D eigenvalue weighted by atomic mass is 10.2. The highest BCUT2D eigenvalue weighted by molar-refractivity contribution is 5.74. The smallest absolute Gasteiger partial charge is 0.317 e. The number of rotatable bonds is 3. The second kappa shape index (κ2) is 6.22. The molecule has 0 unspecified atom stereocenters. The molecule has 0 saturated heterocycles. The van der Waals surface area contributed by atoms with Crippen LogP contribution in [-0.2, 0) is 19.5 Å². The van der Waals surface area contributed by atoms with Crippen molar-refractivity contribution in [1.82, 2.24) is 25.0 Å². The van der Waals surface area contributed by atoms with E-state index in [0.717, 1.165) is 30.2 Å². The molecule has 1 aliphatic heterocycles. The third-order valence-electron chi connectivity index (χ3n) is 4.64. The molecule has 0 radical (unpaired) electrons. The van der Waals surface area contributed by atoms with E-state index in [1.165, 1.54) is 25.0 Å². The molecule has 0 atom stereocenters. The van der Waals surface area contributed by atoms with Crippen molar-refractivity contribution < 1.29 is 9.18 Å². The van der Waals surface area contributed by atoms with Crippen molar-refractivity contribution in [2.75, 3.05) is 13.1 Å². The zero-order chi connectivity index (χ0) is 16.5. The summed E-state index contributed by atoms with van der Waals surface area (Å²) in [6.07, 6.45) is 3.11. The molecule has 1 aromatic carbocycles. The Morgan fingerprint density at radius 2 is 1.96 bits per heavy atom. The first-order valence-corrected chi connectivity index (χ1v) is 8.40.